The summed E-state index contributed by atoms with van der Waals surface area (Å²) in [5.74, 6) is 0. The van der Waals surface area contributed by atoms with E-state index in [0.717, 1.165) is 6.42 Å². The molecule has 0 nitrogen and oxygen atoms in total. The van der Waals surface area contributed by atoms with Crippen molar-refractivity contribution < 1.29 is 0 Å². The highest BCUT2D eigenvalue weighted by molar-refractivity contribution is 4.99. The zero-order valence-electron chi connectivity index (χ0n) is 7.63. The summed E-state index contributed by atoms with van der Waals surface area (Å²) in [6.45, 7) is 0. The number of hydrogen-bond acceptors (Lipinski definition) is 0. The molecule has 0 aromatic rings. The van der Waals surface area contributed by atoms with E-state index in [4.69, 9.17) is 0 Å². The molecule has 0 N–H and O–H groups in total. The molecule has 0 aromatic heterocycles. The van der Waals surface area contributed by atoms with Crippen LogP contribution < -0.4 is 0 Å². The van der Waals surface area contributed by atoms with Gasteiger partial charge in [0, 0.05) is 0 Å². The van der Waals surface area contributed by atoms with Gasteiger partial charge in [-0.15, -0.1) is 0 Å². The third kappa shape index (κ3) is 4.95. The Morgan fingerprint density at radius 2 is 1.75 bits per heavy atom. The molecule has 0 saturated heterocycles. The lowest BCUT2D eigenvalue weighted by Gasteiger charge is -1.95. The topological polar surface area (TPSA) is 0 Å². The molecule has 12 heavy (non-hydrogen) atoms. The first kappa shape index (κ1) is 9.31. The Kier molecular flexibility index (Phi) is 5.35. The van der Waals surface area contributed by atoms with Crippen LogP contribution in [-0.2, 0) is 0 Å². The van der Waals surface area contributed by atoms with E-state index in [-0.39, 0.29) is 0 Å². The van der Waals surface area contributed by atoms with Gasteiger partial charge in [-0.25, -0.2) is 0 Å². The van der Waals surface area contributed by atoms with Crippen molar-refractivity contribution >= 4 is 0 Å². The van der Waals surface area contributed by atoms with Crippen LogP contribution in [0.5, 0.6) is 0 Å². The lowest BCUT2D eigenvalue weighted by atomic mass is 10.1. The van der Waals surface area contributed by atoms with Crippen LogP contribution in [0.15, 0.2) is 30.4 Å². The van der Waals surface area contributed by atoms with E-state index in [0.29, 0.717) is 0 Å². The highest BCUT2D eigenvalue weighted by Gasteiger charge is 1.85. The second-order valence-electron chi connectivity index (χ2n) is 3.12. The molecule has 0 heteroatoms. The minimum absolute atomic E-state index is 1.06. The van der Waals surface area contributed by atoms with Gasteiger partial charge in [-0.1, -0.05) is 36.8 Å². The van der Waals surface area contributed by atoms with Crippen molar-refractivity contribution in [3.8, 4) is 0 Å². The Labute approximate surface area is 75.7 Å². The number of allylic oxidation sites excluding steroid dienone is 6. The molecule has 0 unspecified atom stereocenters. The highest BCUT2D eigenvalue weighted by Crippen LogP contribution is 2.05. The van der Waals surface area contributed by atoms with Crippen LogP contribution in [0.3, 0.4) is 0 Å². The predicted octanol–water partition coefficient (Wildman–Crippen LogP) is 3.81. The average molecular weight is 161 g/mol. The maximum Gasteiger partial charge on any atom is -0.0166 e. The quantitative estimate of drug-likeness (QED) is 0.474. The molecule has 0 atom stereocenters. The van der Waals surface area contributed by atoms with Gasteiger partial charge in [-0.3, -0.25) is 0 Å². The summed E-state index contributed by atoms with van der Waals surface area (Å²) in [5.41, 5.74) is 0. The van der Waals surface area contributed by atoms with E-state index < -0.39 is 0 Å². The van der Waals surface area contributed by atoms with E-state index in [2.05, 4.69) is 30.4 Å². The first-order valence-electron chi connectivity index (χ1n) is 4.88. The summed E-state index contributed by atoms with van der Waals surface area (Å²) in [6.07, 6.45) is 21.5. The van der Waals surface area contributed by atoms with Crippen LogP contribution in [0.4, 0.5) is 0 Å². The van der Waals surface area contributed by atoms with Crippen LogP contribution in [-0.4, -0.2) is 0 Å². The Bertz CT molecular complexity index is 172. The van der Waals surface area contributed by atoms with Gasteiger partial charge in [-0.2, -0.15) is 0 Å². The monoisotopic (exact) mass is 161 g/mol. The van der Waals surface area contributed by atoms with Crippen LogP contribution in [0, 0.1) is 6.08 Å². The largest absolute Gasteiger partial charge is 0.0882 e. The molecule has 0 amide bonds. The molecular formula is C12H17. The summed E-state index contributed by atoms with van der Waals surface area (Å²) >= 11 is 0. The van der Waals surface area contributed by atoms with Gasteiger partial charge in [0.2, 0.25) is 0 Å². The summed E-state index contributed by atoms with van der Waals surface area (Å²) in [6, 6.07) is 0. The van der Waals surface area contributed by atoms with Gasteiger partial charge in [0.25, 0.3) is 0 Å². The molecule has 0 aliphatic heterocycles. The second kappa shape index (κ2) is 6.90. The van der Waals surface area contributed by atoms with Crippen molar-refractivity contribution in [3.05, 3.63) is 36.5 Å². The second-order valence-corrected chi connectivity index (χ2v) is 3.12. The van der Waals surface area contributed by atoms with Crippen molar-refractivity contribution in [2.24, 2.45) is 0 Å². The fraction of sp³-hybridized carbons (Fsp3) is 0.500. The molecule has 0 fully saturated rings. The predicted molar refractivity (Wildman–Crippen MR) is 53.8 cm³/mol. The zero-order valence-corrected chi connectivity index (χ0v) is 7.63. The van der Waals surface area contributed by atoms with E-state index in [9.17, 15) is 0 Å². The van der Waals surface area contributed by atoms with Crippen molar-refractivity contribution in [2.75, 3.05) is 0 Å². The normalized spacial score (nSPS) is 28.0. The van der Waals surface area contributed by atoms with E-state index in [1.165, 1.54) is 32.1 Å². The first-order valence-corrected chi connectivity index (χ1v) is 4.88. The third-order valence-electron chi connectivity index (χ3n) is 1.99. The summed E-state index contributed by atoms with van der Waals surface area (Å²) < 4.78 is 0. The van der Waals surface area contributed by atoms with Gasteiger partial charge < -0.3 is 0 Å². The maximum absolute atomic E-state index is 3.16. The van der Waals surface area contributed by atoms with Crippen molar-refractivity contribution in [1.29, 1.82) is 0 Å². The maximum atomic E-state index is 3.16. The molecule has 1 aliphatic rings. The third-order valence-corrected chi connectivity index (χ3v) is 1.99. The molecule has 0 saturated carbocycles. The van der Waals surface area contributed by atoms with Gasteiger partial charge in [0.05, 0.1) is 0 Å². The van der Waals surface area contributed by atoms with Crippen LogP contribution >= 0.6 is 0 Å². The van der Waals surface area contributed by atoms with Crippen molar-refractivity contribution in [1.82, 2.24) is 0 Å². The molecule has 1 radical (unpaired) electrons. The van der Waals surface area contributed by atoms with Gasteiger partial charge in [0.1, 0.15) is 0 Å². The summed E-state index contributed by atoms with van der Waals surface area (Å²) in [4.78, 5) is 0. The van der Waals surface area contributed by atoms with Crippen LogP contribution in [0.2, 0.25) is 0 Å². The molecule has 0 aromatic carbocycles. The van der Waals surface area contributed by atoms with Gasteiger partial charge in [-0.05, 0) is 38.2 Å². The fourth-order valence-corrected chi connectivity index (χ4v) is 1.27. The van der Waals surface area contributed by atoms with E-state index >= 15 is 0 Å². The smallest absolute Gasteiger partial charge is 0.0166 e. The first-order chi connectivity index (χ1) is 6.00. The Balaban J connectivity index is 2.31. The Morgan fingerprint density at radius 3 is 2.75 bits per heavy atom. The van der Waals surface area contributed by atoms with Crippen molar-refractivity contribution in [2.45, 2.75) is 38.5 Å². The van der Waals surface area contributed by atoms with Gasteiger partial charge >= 0.3 is 0 Å². The minimum atomic E-state index is 1.06. The number of rotatable bonds is 0. The summed E-state index contributed by atoms with van der Waals surface area (Å²) in [5, 5.41) is 0. The fourth-order valence-electron chi connectivity index (χ4n) is 1.27. The average Bonchev–Trinajstić information content (AvgIpc) is 2.05. The molecule has 0 spiro atoms. The molecule has 1 aliphatic carbocycles. The molecule has 0 bridgehead atoms. The molecule has 0 heterocycles. The standard InChI is InChI=1S/C12H17/c1-2-4-6-8-10-12-11-9-7-5-3-1/h1-2,5,7,11H,3-4,6,8,10,12H2/b2-1+,7-5+,11-9?. The van der Waals surface area contributed by atoms with E-state index in [1.54, 1.807) is 0 Å². The van der Waals surface area contributed by atoms with Crippen molar-refractivity contribution in [3.63, 3.8) is 0 Å². The SMILES string of the molecule is [C]1=C\CCCCC/C=C/C/C=C/1. The van der Waals surface area contributed by atoms with Crippen LogP contribution in [0.1, 0.15) is 38.5 Å². The molecular weight excluding hydrogens is 144 g/mol. The Hall–Kier alpha value is -0.780. The molecule has 65 valence electrons. The lowest BCUT2D eigenvalue weighted by molar-refractivity contribution is 0.695. The minimum Gasteiger partial charge on any atom is -0.0882 e. The lowest BCUT2D eigenvalue weighted by Crippen LogP contribution is -1.75. The Morgan fingerprint density at radius 1 is 0.833 bits per heavy atom. The van der Waals surface area contributed by atoms with E-state index in [1.807, 2.05) is 6.08 Å². The molecule has 1 rings (SSSR count). The zero-order chi connectivity index (χ0) is 8.49. The highest BCUT2D eigenvalue weighted by atomic mass is 13.9. The summed E-state index contributed by atoms with van der Waals surface area (Å²) in [7, 11) is 0. The van der Waals surface area contributed by atoms with Gasteiger partial charge in [0.15, 0.2) is 0 Å². The van der Waals surface area contributed by atoms with Crippen LogP contribution in [0.25, 0.3) is 0 Å². The number of hydrogen-bond donors (Lipinski definition) is 0.